The van der Waals surface area contributed by atoms with Crippen molar-refractivity contribution >= 4 is 0 Å². The summed E-state index contributed by atoms with van der Waals surface area (Å²) >= 11 is 0. The lowest BCUT2D eigenvalue weighted by Crippen LogP contribution is -2.35. The summed E-state index contributed by atoms with van der Waals surface area (Å²) in [5.41, 5.74) is 3.60. The van der Waals surface area contributed by atoms with Crippen molar-refractivity contribution in [3.63, 3.8) is 0 Å². The van der Waals surface area contributed by atoms with Crippen LogP contribution in [-0.2, 0) is 0 Å². The summed E-state index contributed by atoms with van der Waals surface area (Å²) in [6.07, 6.45) is 6.35. The average Bonchev–Trinajstić information content (AvgIpc) is 2.27. The molecule has 0 aromatic rings. The van der Waals surface area contributed by atoms with Crippen LogP contribution in [0.4, 0.5) is 0 Å². The van der Waals surface area contributed by atoms with Gasteiger partial charge in [0.2, 0.25) is 0 Å². The van der Waals surface area contributed by atoms with Gasteiger partial charge in [-0.2, -0.15) is 0 Å². The van der Waals surface area contributed by atoms with Gasteiger partial charge >= 0.3 is 0 Å². The van der Waals surface area contributed by atoms with Crippen LogP contribution < -0.4 is 0 Å². The summed E-state index contributed by atoms with van der Waals surface area (Å²) < 4.78 is 0. The van der Waals surface area contributed by atoms with Gasteiger partial charge in [0.1, 0.15) is 0 Å². The molecule has 90 valence electrons. The van der Waals surface area contributed by atoms with E-state index >= 15 is 0 Å². The zero-order valence-electron chi connectivity index (χ0n) is 11.3. The number of rotatable bonds is 1. The first kappa shape index (κ1) is 12.0. The minimum atomic E-state index is 0.694. The Kier molecular flexibility index (Phi) is 3.28. The van der Waals surface area contributed by atoms with E-state index in [1.807, 2.05) is 5.57 Å². The largest absolute Gasteiger partial charge is 0.103 e. The average molecular weight is 218 g/mol. The fourth-order valence-electron chi connectivity index (χ4n) is 4.17. The van der Waals surface area contributed by atoms with E-state index in [0.29, 0.717) is 5.92 Å². The van der Waals surface area contributed by atoms with Gasteiger partial charge in [0.05, 0.1) is 0 Å². The molecule has 0 aliphatic heterocycles. The summed E-state index contributed by atoms with van der Waals surface area (Å²) in [5, 5.41) is 0. The highest BCUT2D eigenvalue weighted by Gasteiger charge is 2.38. The van der Waals surface area contributed by atoms with Gasteiger partial charge in [0, 0.05) is 0 Å². The molecule has 0 bridgehead atoms. The van der Waals surface area contributed by atoms with E-state index in [0.717, 1.165) is 23.7 Å². The van der Waals surface area contributed by atoms with Crippen molar-refractivity contribution in [2.24, 2.45) is 29.6 Å². The smallest absolute Gasteiger partial charge is 0.0142 e. The molecule has 0 N–H and O–H groups in total. The van der Waals surface area contributed by atoms with Crippen molar-refractivity contribution in [1.29, 1.82) is 0 Å². The maximum atomic E-state index is 4.05. The Morgan fingerprint density at radius 3 is 2.44 bits per heavy atom. The molecule has 2 aliphatic carbocycles. The van der Waals surface area contributed by atoms with Gasteiger partial charge in [-0.05, 0) is 48.9 Å². The molecule has 16 heavy (non-hydrogen) atoms. The second-order valence-corrected chi connectivity index (χ2v) is 6.02. The zero-order valence-corrected chi connectivity index (χ0v) is 11.3. The molecule has 5 atom stereocenters. The molecule has 0 amide bonds. The van der Waals surface area contributed by atoms with Crippen molar-refractivity contribution < 1.29 is 0 Å². The molecule has 0 nitrogen and oxygen atoms in total. The van der Waals surface area contributed by atoms with Crippen LogP contribution in [0.3, 0.4) is 0 Å². The molecule has 2 aliphatic rings. The molecule has 0 heterocycles. The highest BCUT2D eigenvalue weighted by atomic mass is 14.4. The fourth-order valence-corrected chi connectivity index (χ4v) is 4.17. The third-order valence-corrected chi connectivity index (χ3v) is 5.27. The Labute approximate surface area is 101 Å². The second-order valence-electron chi connectivity index (χ2n) is 6.02. The van der Waals surface area contributed by atoms with E-state index in [2.05, 4.69) is 40.3 Å². The van der Waals surface area contributed by atoms with Gasteiger partial charge in [-0.3, -0.25) is 0 Å². The summed E-state index contributed by atoms with van der Waals surface area (Å²) in [6.45, 7) is 13.8. The summed E-state index contributed by atoms with van der Waals surface area (Å²) in [5.74, 6) is 3.80. The van der Waals surface area contributed by atoms with E-state index in [1.54, 1.807) is 5.57 Å². The van der Waals surface area contributed by atoms with Crippen LogP contribution in [-0.4, -0.2) is 0 Å². The van der Waals surface area contributed by atoms with Gasteiger partial charge in [-0.1, -0.05) is 44.9 Å². The normalized spacial score (nSPS) is 44.1. The van der Waals surface area contributed by atoms with Crippen LogP contribution >= 0.6 is 0 Å². The van der Waals surface area contributed by atoms with Crippen LogP contribution in [0.25, 0.3) is 0 Å². The monoisotopic (exact) mass is 218 g/mol. The quantitative estimate of drug-likeness (QED) is 0.553. The Balaban J connectivity index is 2.42. The van der Waals surface area contributed by atoms with Crippen molar-refractivity contribution in [2.75, 3.05) is 0 Å². The first-order chi connectivity index (χ1) is 7.57. The topological polar surface area (TPSA) is 0 Å². The fraction of sp³-hybridized carbons (Fsp3) is 0.750. The molecular formula is C16H26. The van der Waals surface area contributed by atoms with Crippen molar-refractivity contribution in [1.82, 2.24) is 0 Å². The molecule has 0 spiro atoms. The molecule has 0 aromatic carbocycles. The maximum Gasteiger partial charge on any atom is -0.0142 e. The predicted octanol–water partition coefficient (Wildman–Crippen LogP) is 4.83. The van der Waals surface area contributed by atoms with Crippen LogP contribution in [0.1, 0.15) is 47.0 Å². The maximum absolute atomic E-state index is 4.05. The Morgan fingerprint density at radius 1 is 1.12 bits per heavy atom. The molecule has 0 fully saturated rings. The molecule has 0 radical (unpaired) electrons. The van der Waals surface area contributed by atoms with E-state index < -0.39 is 0 Å². The Hall–Kier alpha value is -0.520. The zero-order chi connectivity index (χ0) is 11.9. The van der Waals surface area contributed by atoms with E-state index in [-0.39, 0.29) is 0 Å². The van der Waals surface area contributed by atoms with Crippen LogP contribution in [0.2, 0.25) is 0 Å². The lowest BCUT2D eigenvalue weighted by molar-refractivity contribution is 0.223. The standard InChI is InChI=1S/C16H26/c1-6-14-11(3)12(4)16-10(2)8-7-9-15(16)13(14)5/h6,10-14H,1,7-9H2,2-5H3. The van der Waals surface area contributed by atoms with Crippen molar-refractivity contribution in [3.8, 4) is 0 Å². The Bertz CT molecular complexity index is 310. The van der Waals surface area contributed by atoms with E-state index in [4.69, 9.17) is 0 Å². The van der Waals surface area contributed by atoms with E-state index in [9.17, 15) is 0 Å². The molecule has 0 aromatic heterocycles. The lowest BCUT2D eigenvalue weighted by atomic mass is 9.60. The minimum Gasteiger partial charge on any atom is -0.103 e. The molecule has 5 unspecified atom stereocenters. The van der Waals surface area contributed by atoms with Gasteiger partial charge < -0.3 is 0 Å². The molecule has 0 heteroatoms. The second kappa shape index (κ2) is 4.39. The third kappa shape index (κ3) is 1.67. The number of hydrogen-bond acceptors (Lipinski definition) is 0. The van der Waals surface area contributed by atoms with E-state index in [1.165, 1.54) is 19.3 Å². The van der Waals surface area contributed by atoms with Gasteiger partial charge in [-0.25, -0.2) is 0 Å². The highest BCUT2D eigenvalue weighted by molar-refractivity contribution is 5.29. The van der Waals surface area contributed by atoms with Crippen LogP contribution in [0.5, 0.6) is 0 Å². The molecular weight excluding hydrogens is 192 g/mol. The first-order valence-electron chi connectivity index (χ1n) is 6.93. The summed E-state index contributed by atoms with van der Waals surface area (Å²) in [7, 11) is 0. The summed E-state index contributed by atoms with van der Waals surface area (Å²) in [6, 6.07) is 0. The SMILES string of the molecule is C=CC1C(C)C2=C(C(C)CCC2)C(C)C1C. The highest BCUT2D eigenvalue weighted by Crippen LogP contribution is 2.49. The Morgan fingerprint density at radius 2 is 1.81 bits per heavy atom. The molecule has 0 saturated heterocycles. The van der Waals surface area contributed by atoms with Gasteiger partial charge in [0.25, 0.3) is 0 Å². The van der Waals surface area contributed by atoms with Crippen molar-refractivity contribution in [2.45, 2.75) is 47.0 Å². The minimum absolute atomic E-state index is 0.694. The van der Waals surface area contributed by atoms with Gasteiger partial charge in [-0.15, -0.1) is 6.58 Å². The predicted molar refractivity (Wildman–Crippen MR) is 71.2 cm³/mol. The summed E-state index contributed by atoms with van der Waals surface area (Å²) in [4.78, 5) is 0. The number of allylic oxidation sites excluding steroid dienone is 3. The molecule has 2 rings (SSSR count). The number of hydrogen-bond donors (Lipinski definition) is 0. The van der Waals surface area contributed by atoms with Crippen molar-refractivity contribution in [3.05, 3.63) is 23.8 Å². The van der Waals surface area contributed by atoms with Crippen LogP contribution in [0, 0.1) is 29.6 Å². The third-order valence-electron chi connectivity index (χ3n) is 5.27. The van der Waals surface area contributed by atoms with Gasteiger partial charge in [0.15, 0.2) is 0 Å². The van der Waals surface area contributed by atoms with Crippen LogP contribution in [0.15, 0.2) is 23.8 Å². The lowest BCUT2D eigenvalue weighted by Gasteiger charge is -2.45. The molecule has 0 saturated carbocycles. The first-order valence-corrected chi connectivity index (χ1v) is 6.93.